The predicted octanol–water partition coefficient (Wildman–Crippen LogP) is 4.45. The van der Waals surface area contributed by atoms with Gasteiger partial charge < -0.3 is 0 Å². The fraction of sp³-hybridized carbons (Fsp3) is 0.188. The van der Waals surface area contributed by atoms with E-state index in [0.29, 0.717) is 5.16 Å². The molecule has 2 aromatic heterocycles. The van der Waals surface area contributed by atoms with Gasteiger partial charge in [-0.15, -0.1) is 0 Å². The average Bonchev–Trinajstić information content (AvgIpc) is 2.94. The van der Waals surface area contributed by atoms with Crippen molar-refractivity contribution in [2.75, 3.05) is 0 Å². The topological polar surface area (TPSA) is 43.6 Å². The van der Waals surface area contributed by atoms with Crippen molar-refractivity contribution in [3.8, 4) is 5.69 Å². The molecule has 0 radical (unpaired) electrons. The lowest BCUT2D eigenvalue weighted by Crippen LogP contribution is -2.09. The maximum absolute atomic E-state index is 12.8. The van der Waals surface area contributed by atoms with Crippen molar-refractivity contribution in [2.45, 2.75) is 30.3 Å². The summed E-state index contributed by atoms with van der Waals surface area (Å²) in [5, 5.41) is 0.503. The molecule has 0 aliphatic heterocycles. The van der Waals surface area contributed by atoms with Gasteiger partial charge in [0.05, 0.1) is 5.69 Å². The minimum Gasteiger partial charge on any atom is -0.294 e. The second kappa shape index (κ2) is 6.27. The number of hydrogen-bond donors (Lipinski definition) is 0. The summed E-state index contributed by atoms with van der Waals surface area (Å²) in [5.74, 6) is 0. The molecule has 0 fully saturated rings. The second-order valence-corrected chi connectivity index (χ2v) is 6.13. The van der Waals surface area contributed by atoms with Crippen molar-refractivity contribution in [3.63, 3.8) is 0 Å². The van der Waals surface area contributed by atoms with E-state index >= 15 is 0 Å². The van der Waals surface area contributed by atoms with Gasteiger partial charge in [0.25, 0.3) is 0 Å². The van der Waals surface area contributed by atoms with Crippen molar-refractivity contribution < 1.29 is 13.2 Å². The predicted molar refractivity (Wildman–Crippen MR) is 84.2 cm³/mol. The first-order valence-corrected chi connectivity index (χ1v) is 7.85. The molecule has 2 heterocycles. The second-order valence-electron chi connectivity index (χ2n) is 5.19. The monoisotopic (exact) mass is 350 g/mol. The molecule has 0 unspecified atom stereocenters. The Bertz CT molecular complexity index is 874. The van der Waals surface area contributed by atoms with Crippen LogP contribution in [0.3, 0.4) is 0 Å². The normalized spacial score (nSPS) is 11.7. The Morgan fingerprint density at radius 2 is 1.83 bits per heavy atom. The molecule has 0 saturated heterocycles. The molecule has 0 aliphatic rings. The lowest BCUT2D eigenvalue weighted by molar-refractivity contribution is -0.141. The van der Waals surface area contributed by atoms with Crippen LogP contribution in [0.1, 0.15) is 16.8 Å². The van der Waals surface area contributed by atoms with Gasteiger partial charge in [0.2, 0.25) is 0 Å². The molecule has 0 saturated carbocycles. The lowest BCUT2D eigenvalue weighted by atomic mass is 10.1. The molecule has 0 aliphatic carbocycles. The summed E-state index contributed by atoms with van der Waals surface area (Å²) < 4.78 is 40.1. The number of alkyl halides is 3. The van der Waals surface area contributed by atoms with Gasteiger partial charge in [-0.3, -0.25) is 4.57 Å². The van der Waals surface area contributed by atoms with Crippen molar-refractivity contribution in [1.82, 2.24) is 19.5 Å². The van der Waals surface area contributed by atoms with E-state index in [4.69, 9.17) is 0 Å². The average molecular weight is 350 g/mol. The molecular weight excluding hydrogens is 337 g/mol. The van der Waals surface area contributed by atoms with Crippen LogP contribution in [-0.4, -0.2) is 19.5 Å². The smallest absolute Gasteiger partial charge is 0.294 e. The van der Waals surface area contributed by atoms with Crippen molar-refractivity contribution in [2.24, 2.45) is 0 Å². The zero-order valence-electron chi connectivity index (χ0n) is 12.9. The summed E-state index contributed by atoms with van der Waals surface area (Å²) in [6.45, 7) is 3.97. The van der Waals surface area contributed by atoms with E-state index in [0.717, 1.165) is 40.8 Å². The number of halogens is 3. The molecule has 4 nitrogen and oxygen atoms in total. The Hall–Kier alpha value is -2.35. The van der Waals surface area contributed by atoms with Gasteiger partial charge >= 0.3 is 6.18 Å². The molecular formula is C16H13F3N4S. The van der Waals surface area contributed by atoms with Crippen LogP contribution in [0.4, 0.5) is 13.2 Å². The molecule has 0 amide bonds. The largest absolute Gasteiger partial charge is 0.433 e. The Morgan fingerprint density at radius 1 is 1.04 bits per heavy atom. The number of rotatable bonds is 3. The maximum Gasteiger partial charge on any atom is 0.433 e. The van der Waals surface area contributed by atoms with E-state index in [9.17, 15) is 13.2 Å². The number of benzene rings is 1. The maximum atomic E-state index is 12.8. The van der Waals surface area contributed by atoms with Crippen LogP contribution < -0.4 is 0 Å². The highest BCUT2D eigenvalue weighted by Crippen LogP contribution is 2.31. The van der Waals surface area contributed by atoms with Gasteiger partial charge in [-0.1, -0.05) is 17.7 Å². The third kappa shape index (κ3) is 3.43. The summed E-state index contributed by atoms with van der Waals surface area (Å²) in [5.41, 5.74) is 2.11. The van der Waals surface area contributed by atoms with Crippen LogP contribution >= 0.6 is 11.8 Å². The molecule has 0 spiro atoms. The fourth-order valence-corrected chi connectivity index (χ4v) is 3.05. The minimum absolute atomic E-state index is 0.00189. The summed E-state index contributed by atoms with van der Waals surface area (Å²) >= 11 is 0.989. The van der Waals surface area contributed by atoms with Crippen LogP contribution in [-0.2, 0) is 6.18 Å². The first-order valence-electron chi connectivity index (χ1n) is 7.03. The first kappa shape index (κ1) is 16.5. The first-order chi connectivity index (χ1) is 11.3. The van der Waals surface area contributed by atoms with Gasteiger partial charge in [-0.2, -0.15) is 13.2 Å². The van der Waals surface area contributed by atoms with Crippen molar-refractivity contribution in [3.05, 3.63) is 59.7 Å². The molecule has 124 valence electrons. The minimum atomic E-state index is -4.50. The van der Waals surface area contributed by atoms with Crippen molar-refractivity contribution >= 4 is 11.8 Å². The zero-order chi connectivity index (χ0) is 17.3. The van der Waals surface area contributed by atoms with Crippen LogP contribution in [0.5, 0.6) is 0 Å². The molecule has 3 aromatic rings. The van der Waals surface area contributed by atoms with Crippen LogP contribution in [0.15, 0.2) is 53.2 Å². The van der Waals surface area contributed by atoms with Gasteiger partial charge in [0, 0.05) is 18.6 Å². The highest BCUT2D eigenvalue weighted by atomic mass is 32.2. The summed E-state index contributed by atoms with van der Waals surface area (Å²) in [6, 6.07) is 6.80. The number of aryl methyl sites for hydroxylation is 2. The number of imidazole rings is 1. The quantitative estimate of drug-likeness (QED) is 0.655. The Balaban J connectivity index is 1.94. The molecule has 1 aromatic carbocycles. The molecule has 8 heteroatoms. The van der Waals surface area contributed by atoms with Gasteiger partial charge in [-0.25, -0.2) is 15.0 Å². The van der Waals surface area contributed by atoms with Crippen LogP contribution in [0.25, 0.3) is 5.69 Å². The summed E-state index contributed by atoms with van der Waals surface area (Å²) in [6.07, 6.45) is -0.0490. The van der Waals surface area contributed by atoms with E-state index in [-0.39, 0.29) is 5.16 Å². The van der Waals surface area contributed by atoms with Crippen molar-refractivity contribution in [1.29, 1.82) is 0 Å². The Labute approximate surface area is 140 Å². The van der Waals surface area contributed by atoms with Crippen LogP contribution in [0, 0.1) is 13.8 Å². The number of hydrogen-bond acceptors (Lipinski definition) is 4. The standard InChI is InChI=1S/C16H13F3N4S/c1-10-3-4-12(11(2)9-10)23-8-7-21-15(23)24-14-20-6-5-13(22-14)16(17,18)19/h3-9H,1-2H3. The van der Waals surface area contributed by atoms with E-state index in [1.54, 1.807) is 12.4 Å². The summed E-state index contributed by atoms with van der Waals surface area (Å²) in [4.78, 5) is 11.7. The van der Waals surface area contributed by atoms with E-state index < -0.39 is 11.9 Å². The molecule has 0 N–H and O–H groups in total. The SMILES string of the molecule is Cc1ccc(-n2ccnc2Sc2nccc(C(F)(F)F)n2)c(C)c1. The van der Waals surface area contributed by atoms with Gasteiger partial charge in [-0.05, 0) is 43.3 Å². The molecule has 24 heavy (non-hydrogen) atoms. The highest BCUT2D eigenvalue weighted by Gasteiger charge is 2.33. The van der Waals surface area contributed by atoms with Crippen LogP contribution in [0.2, 0.25) is 0 Å². The highest BCUT2D eigenvalue weighted by molar-refractivity contribution is 7.99. The number of aromatic nitrogens is 4. The third-order valence-electron chi connectivity index (χ3n) is 3.33. The molecule has 0 atom stereocenters. The Morgan fingerprint density at radius 3 is 2.54 bits per heavy atom. The van der Waals surface area contributed by atoms with E-state index in [2.05, 4.69) is 15.0 Å². The molecule has 3 rings (SSSR count). The van der Waals surface area contributed by atoms with Gasteiger partial charge in [0.1, 0.15) is 5.69 Å². The molecule has 0 bridgehead atoms. The Kier molecular flexibility index (Phi) is 4.31. The number of nitrogens with zero attached hydrogens (tertiary/aromatic N) is 4. The van der Waals surface area contributed by atoms with E-state index in [1.807, 2.05) is 36.6 Å². The van der Waals surface area contributed by atoms with E-state index in [1.165, 1.54) is 0 Å². The fourth-order valence-electron chi connectivity index (χ4n) is 2.25. The van der Waals surface area contributed by atoms with Gasteiger partial charge in [0.15, 0.2) is 10.3 Å². The lowest BCUT2D eigenvalue weighted by Gasteiger charge is -2.11. The zero-order valence-corrected chi connectivity index (χ0v) is 13.7. The third-order valence-corrected chi connectivity index (χ3v) is 4.19. The summed E-state index contributed by atoms with van der Waals surface area (Å²) in [7, 11) is 0.